The Bertz CT molecular complexity index is 482. The van der Waals surface area contributed by atoms with Crippen LogP contribution in [0.3, 0.4) is 0 Å². The van der Waals surface area contributed by atoms with Crippen LogP contribution < -0.4 is 5.32 Å². The largest absolute Gasteiger partial charge is 0.480 e. The van der Waals surface area contributed by atoms with E-state index < -0.39 is 23.1 Å². The van der Waals surface area contributed by atoms with Crippen molar-refractivity contribution in [2.45, 2.75) is 43.7 Å². The first kappa shape index (κ1) is 16.9. The first-order valence-corrected chi connectivity index (χ1v) is 7.32. The van der Waals surface area contributed by atoms with Crippen molar-refractivity contribution in [2.24, 2.45) is 0 Å². The zero-order valence-electron chi connectivity index (χ0n) is 11.7. The van der Waals surface area contributed by atoms with Gasteiger partial charge in [-0.15, -0.1) is 11.8 Å². The van der Waals surface area contributed by atoms with Gasteiger partial charge in [-0.1, -0.05) is 0 Å². The molecule has 1 aromatic carbocycles. The average Bonchev–Trinajstić information content (AvgIpc) is 2.32. The lowest BCUT2D eigenvalue weighted by atomic mass is 9.98. The van der Waals surface area contributed by atoms with Gasteiger partial charge in [-0.2, -0.15) is 0 Å². The Labute approximate surface area is 121 Å². The third-order valence-corrected chi connectivity index (χ3v) is 3.86. The highest BCUT2D eigenvalue weighted by Gasteiger charge is 2.32. The van der Waals surface area contributed by atoms with Crippen LogP contribution in [-0.4, -0.2) is 28.4 Å². The summed E-state index contributed by atoms with van der Waals surface area (Å²) in [6.07, 6.45) is 0.307. The summed E-state index contributed by atoms with van der Waals surface area (Å²) >= 11 is 1.11. The highest BCUT2D eigenvalue weighted by Crippen LogP contribution is 2.25. The molecule has 0 aliphatic carbocycles. The summed E-state index contributed by atoms with van der Waals surface area (Å²) < 4.78 is 26.5. The quantitative estimate of drug-likeness (QED) is 0.759. The lowest BCUT2D eigenvalue weighted by Gasteiger charge is -2.28. The van der Waals surface area contributed by atoms with E-state index >= 15 is 0 Å². The second kappa shape index (κ2) is 7.04. The maximum absolute atomic E-state index is 13.4. The number of nitrogens with one attached hydrogen (secondary N) is 1. The van der Waals surface area contributed by atoms with Gasteiger partial charge in [0.1, 0.15) is 17.2 Å². The van der Waals surface area contributed by atoms with Gasteiger partial charge in [0.2, 0.25) is 0 Å². The van der Waals surface area contributed by atoms with E-state index in [1.54, 1.807) is 6.92 Å². The molecule has 1 unspecified atom stereocenters. The monoisotopic (exact) mass is 303 g/mol. The molecular formula is C14H19F2NO2S. The van der Waals surface area contributed by atoms with Crippen LogP contribution in [0.1, 0.15) is 27.2 Å². The molecule has 0 aliphatic rings. The fraction of sp³-hybridized carbons (Fsp3) is 0.500. The fourth-order valence-corrected chi connectivity index (χ4v) is 2.96. The number of aliphatic carboxylic acids is 1. The second-order valence-electron chi connectivity index (χ2n) is 5.11. The van der Waals surface area contributed by atoms with Gasteiger partial charge in [0, 0.05) is 16.7 Å². The predicted octanol–water partition coefficient (Wildman–Crippen LogP) is 3.29. The van der Waals surface area contributed by atoms with Gasteiger partial charge < -0.3 is 5.11 Å². The van der Waals surface area contributed by atoms with Gasteiger partial charge in [0.15, 0.2) is 0 Å². The molecule has 0 radical (unpaired) electrons. The Morgan fingerprint density at radius 1 is 1.45 bits per heavy atom. The van der Waals surface area contributed by atoms with Crippen LogP contribution in [0.5, 0.6) is 0 Å². The molecule has 20 heavy (non-hydrogen) atoms. The Morgan fingerprint density at radius 2 is 2.10 bits per heavy atom. The summed E-state index contributed by atoms with van der Waals surface area (Å²) in [6.45, 7) is 5.32. The van der Waals surface area contributed by atoms with Gasteiger partial charge in [-0.05, 0) is 45.4 Å². The fourth-order valence-electron chi connectivity index (χ4n) is 1.83. The molecule has 3 nitrogen and oxygen atoms in total. The number of halogens is 2. The average molecular weight is 303 g/mol. The lowest BCUT2D eigenvalue weighted by Crippen LogP contribution is -2.52. The Hall–Kier alpha value is -1.14. The standard InChI is InChI=1S/C14H19F2NO2S/c1-9(2)17-14(3,13(18)19)6-7-20-12-8-10(15)4-5-11(12)16/h4-5,8-9,17H,6-7H2,1-3H3,(H,18,19). The van der Waals surface area contributed by atoms with Crippen molar-refractivity contribution >= 4 is 17.7 Å². The molecule has 0 aliphatic heterocycles. The van der Waals surface area contributed by atoms with Crippen molar-refractivity contribution in [3.8, 4) is 0 Å². The van der Waals surface area contributed by atoms with Gasteiger partial charge in [-0.3, -0.25) is 10.1 Å². The summed E-state index contributed by atoms with van der Waals surface area (Å²) in [4.78, 5) is 11.5. The van der Waals surface area contributed by atoms with Crippen molar-refractivity contribution in [3.63, 3.8) is 0 Å². The van der Waals surface area contributed by atoms with E-state index in [0.29, 0.717) is 12.2 Å². The molecule has 0 bridgehead atoms. The predicted molar refractivity (Wildman–Crippen MR) is 76.0 cm³/mol. The molecule has 0 amide bonds. The minimum Gasteiger partial charge on any atom is -0.480 e. The highest BCUT2D eigenvalue weighted by molar-refractivity contribution is 7.99. The molecule has 112 valence electrons. The topological polar surface area (TPSA) is 49.3 Å². The van der Waals surface area contributed by atoms with Crippen molar-refractivity contribution in [2.75, 3.05) is 5.75 Å². The van der Waals surface area contributed by atoms with Crippen molar-refractivity contribution in [1.29, 1.82) is 0 Å². The number of hydrogen-bond acceptors (Lipinski definition) is 3. The molecule has 0 heterocycles. The van der Waals surface area contributed by atoms with E-state index in [-0.39, 0.29) is 10.9 Å². The smallest absolute Gasteiger partial charge is 0.323 e. The van der Waals surface area contributed by atoms with Gasteiger partial charge >= 0.3 is 5.97 Å². The second-order valence-corrected chi connectivity index (χ2v) is 6.25. The maximum atomic E-state index is 13.4. The zero-order chi connectivity index (χ0) is 15.3. The Morgan fingerprint density at radius 3 is 2.65 bits per heavy atom. The van der Waals surface area contributed by atoms with Crippen LogP contribution in [0.15, 0.2) is 23.1 Å². The number of carbonyl (C=O) groups is 1. The molecule has 0 fully saturated rings. The third kappa shape index (κ3) is 4.76. The molecular weight excluding hydrogens is 284 g/mol. The maximum Gasteiger partial charge on any atom is 0.323 e. The molecule has 0 saturated heterocycles. The first-order valence-electron chi connectivity index (χ1n) is 6.33. The summed E-state index contributed by atoms with van der Waals surface area (Å²) in [6, 6.07) is 3.27. The van der Waals surface area contributed by atoms with Gasteiger partial charge in [0.05, 0.1) is 0 Å². The summed E-state index contributed by atoms with van der Waals surface area (Å²) in [5.41, 5.74) is -1.08. The van der Waals surface area contributed by atoms with E-state index in [0.717, 1.165) is 30.0 Å². The molecule has 0 saturated carbocycles. The van der Waals surface area contributed by atoms with Crippen LogP contribution in [-0.2, 0) is 4.79 Å². The van der Waals surface area contributed by atoms with E-state index in [1.165, 1.54) is 0 Å². The van der Waals surface area contributed by atoms with Crippen LogP contribution in [0.2, 0.25) is 0 Å². The number of hydrogen-bond donors (Lipinski definition) is 2. The number of benzene rings is 1. The third-order valence-electron chi connectivity index (χ3n) is 2.83. The normalized spacial score (nSPS) is 14.3. The van der Waals surface area contributed by atoms with E-state index in [9.17, 15) is 18.7 Å². The number of carboxylic acids is 1. The van der Waals surface area contributed by atoms with E-state index in [2.05, 4.69) is 5.32 Å². The number of carboxylic acid groups (broad SMARTS) is 1. The molecule has 1 atom stereocenters. The van der Waals surface area contributed by atoms with E-state index in [1.807, 2.05) is 13.8 Å². The highest BCUT2D eigenvalue weighted by atomic mass is 32.2. The first-order chi connectivity index (χ1) is 9.24. The lowest BCUT2D eigenvalue weighted by molar-refractivity contribution is -0.144. The molecule has 0 aromatic heterocycles. The summed E-state index contributed by atoms with van der Waals surface area (Å²) in [5.74, 6) is -1.57. The number of rotatable bonds is 7. The Kier molecular flexibility index (Phi) is 5.95. The minimum absolute atomic E-state index is 0.0204. The van der Waals surface area contributed by atoms with Crippen molar-refractivity contribution in [3.05, 3.63) is 29.8 Å². The minimum atomic E-state index is -1.08. The van der Waals surface area contributed by atoms with Crippen LogP contribution in [0.4, 0.5) is 8.78 Å². The van der Waals surface area contributed by atoms with Crippen molar-refractivity contribution < 1.29 is 18.7 Å². The van der Waals surface area contributed by atoms with Crippen LogP contribution >= 0.6 is 11.8 Å². The van der Waals surface area contributed by atoms with E-state index in [4.69, 9.17) is 0 Å². The van der Waals surface area contributed by atoms with Gasteiger partial charge in [0.25, 0.3) is 0 Å². The van der Waals surface area contributed by atoms with Crippen molar-refractivity contribution in [1.82, 2.24) is 5.32 Å². The summed E-state index contributed by atoms with van der Waals surface area (Å²) in [7, 11) is 0. The number of thioether (sulfide) groups is 1. The molecule has 2 N–H and O–H groups in total. The van der Waals surface area contributed by atoms with Gasteiger partial charge in [-0.25, -0.2) is 8.78 Å². The Balaban J connectivity index is 2.65. The summed E-state index contributed by atoms with van der Waals surface area (Å²) in [5, 5.41) is 12.3. The molecule has 6 heteroatoms. The zero-order valence-corrected chi connectivity index (χ0v) is 12.6. The molecule has 0 spiro atoms. The molecule has 1 rings (SSSR count). The molecule has 1 aromatic rings. The SMILES string of the molecule is CC(C)NC(C)(CCSc1cc(F)ccc1F)C(=O)O. The van der Waals surface area contributed by atoms with Crippen LogP contribution in [0.25, 0.3) is 0 Å². The van der Waals surface area contributed by atoms with Crippen LogP contribution in [0, 0.1) is 11.6 Å².